The molecule has 1 saturated heterocycles. The van der Waals surface area contributed by atoms with Crippen LogP contribution in [0.4, 0.5) is 16.2 Å². The average Bonchev–Trinajstić information content (AvgIpc) is 3.08. The molecule has 0 spiro atoms. The second-order valence-electron chi connectivity index (χ2n) is 8.59. The molecule has 1 N–H and O–H groups in total. The van der Waals surface area contributed by atoms with E-state index in [1.807, 2.05) is 61.5 Å². The Morgan fingerprint density at radius 2 is 1.71 bits per heavy atom. The van der Waals surface area contributed by atoms with E-state index >= 15 is 0 Å². The van der Waals surface area contributed by atoms with Crippen LogP contribution in [-0.4, -0.2) is 35.9 Å². The van der Waals surface area contributed by atoms with Gasteiger partial charge in [0, 0.05) is 12.2 Å². The SMILES string of the molecule is CCc1ccc(NC(=O)C[C@H]2C(=O)N(c3cccc(C)c3)C(=O)N2Cc2cccc(OC)c2)cc1. The molecule has 0 bridgehead atoms. The van der Waals surface area contributed by atoms with Gasteiger partial charge in [0.2, 0.25) is 5.91 Å². The highest BCUT2D eigenvalue weighted by Crippen LogP contribution is 2.29. The minimum absolute atomic E-state index is 0.146. The maximum absolute atomic E-state index is 13.5. The normalized spacial score (nSPS) is 15.5. The standard InChI is InChI=1S/C28H29N3O4/c1-4-20-11-13-22(14-12-20)29-26(32)17-25-27(33)31(23-9-5-7-19(2)15-23)28(34)30(25)18-21-8-6-10-24(16-21)35-3/h5-16,25H,4,17-18H2,1-3H3,(H,29,32)/t25-/m0/s1. The van der Waals surface area contributed by atoms with Gasteiger partial charge >= 0.3 is 6.03 Å². The van der Waals surface area contributed by atoms with Crippen LogP contribution in [0.1, 0.15) is 30.0 Å². The van der Waals surface area contributed by atoms with Crippen molar-refractivity contribution in [3.05, 3.63) is 89.5 Å². The van der Waals surface area contributed by atoms with Crippen LogP contribution in [0.2, 0.25) is 0 Å². The van der Waals surface area contributed by atoms with Gasteiger partial charge in [-0.05, 0) is 66.4 Å². The molecule has 35 heavy (non-hydrogen) atoms. The molecule has 3 aromatic rings. The predicted octanol–water partition coefficient (Wildman–Crippen LogP) is 4.93. The number of imide groups is 1. The second-order valence-corrected chi connectivity index (χ2v) is 8.59. The van der Waals surface area contributed by atoms with Crippen molar-refractivity contribution in [1.82, 2.24) is 4.90 Å². The lowest BCUT2D eigenvalue weighted by Crippen LogP contribution is -2.37. The third kappa shape index (κ3) is 5.35. The maximum Gasteiger partial charge on any atom is 0.332 e. The first-order valence-corrected chi connectivity index (χ1v) is 11.6. The van der Waals surface area contributed by atoms with Gasteiger partial charge in [0.25, 0.3) is 5.91 Å². The van der Waals surface area contributed by atoms with Gasteiger partial charge in [0.1, 0.15) is 11.8 Å². The zero-order valence-corrected chi connectivity index (χ0v) is 20.2. The molecule has 1 fully saturated rings. The van der Waals surface area contributed by atoms with E-state index in [2.05, 4.69) is 12.2 Å². The van der Waals surface area contributed by atoms with Gasteiger partial charge in [-0.3, -0.25) is 9.59 Å². The topological polar surface area (TPSA) is 79.0 Å². The summed E-state index contributed by atoms with van der Waals surface area (Å²) in [5, 5.41) is 2.85. The van der Waals surface area contributed by atoms with Crippen LogP contribution in [0.15, 0.2) is 72.8 Å². The number of urea groups is 1. The molecular weight excluding hydrogens is 442 g/mol. The fraction of sp³-hybridized carbons (Fsp3) is 0.250. The van der Waals surface area contributed by atoms with Crippen molar-refractivity contribution in [2.45, 2.75) is 39.3 Å². The first-order valence-electron chi connectivity index (χ1n) is 11.6. The van der Waals surface area contributed by atoms with E-state index in [0.29, 0.717) is 17.1 Å². The van der Waals surface area contributed by atoms with Crippen LogP contribution >= 0.6 is 0 Å². The lowest BCUT2D eigenvalue weighted by atomic mass is 10.1. The highest BCUT2D eigenvalue weighted by Gasteiger charge is 2.46. The van der Waals surface area contributed by atoms with E-state index in [0.717, 1.165) is 23.1 Å². The summed E-state index contributed by atoms with van der Waals surface area (Å²) >= 11 is 0. The van der Waals surface area contributed by atoms with Gasteiger partial charge < -0.3 is 15.0 Å². The van der Waals surface area contributed by atoms with Gasteiger partial charge in [-0.2, -0.15) is 0 Å². The van der Waals surface area contributed by atoms with Crippen LogP contribution in [0, 0.1) is 6.92 Å². The van der Waals surface area contributed by atoms with Crippen LogP contribution in [0.3, 0.4) is 0 Å². The fourth-order valence-corrected chi connectivity index (χ4v) is 4.20. The van der Waals surface area contributed by atoms with E-state index in [9.17, 15) is 14.4 Å². The van der Waals surface area contributed by atoms with Crippen LogP contribution < -0.4 is 15.0 Å². The van der Waals surface area contributed by atoms with Crippen molar-refractivity contribution in [3.8, 4) is 5.75 Å². The van der Waals surface area contributed by atoms with Gasteiger partial charge in [-0.1, -0.05) is 43.3 Å². The van der Waals surface area contributed by atoms with Crippen molar-refractivity contribution >= 4 is 29.2 Å². The van der Waals surface area contributed by atoms with Crippen molar-refractivity contribution < 1.29 is 19.1 Å². The molecule has 180 valence electrons. The number of methoxy groups -OCH3 is 1. The van der Waals surface area contributed by atoms with E-state index in [-0.39, 0.29) is 18.9 Å². The average molecular weight is 472 g/mol. The van der Waals surface area contributed by atoms with Gasteiger partial charge in [0.05, 0.1) is 19.2 Å². The molecule has 4 amide bonds. The van der Waals surface area contributed by atoms with Crippen molar-refractivity contribution in [3.63, 3.8) is 0 Å². The maximum atomic E-state index is 13.5. The molecule has 1 aliphatic rings. The molecule has 0 aliphatic carbocycles. The van der Waals surface area contributed by atoms with E-state index in [1.54, 1.807) is 25.3 Å². The third-order valence-corrected chi connectivity index (χ3v) is 6.09. The van der Waals surface area contributed by atoms with Crippen molar-refractivity contribution in [2.75, 3.05) is 17.3 Å². The molecule has 1 heterocycles. The molecule has 4 rings (SSSR count). The fourth-order valence-electron chi connectivity index (χ4n) is 4.20. The summed E-state index contributed by atoms with van der Waals surface area (Å²) in [6.45, 7) is 4.14. The molecule has 1 atom stereocenters. The van der Waals surface area contributed by atoms with Crippen molar-refractivity contribution in [2.24, 2.45) is 0 Å². The Kier molecular flexibility index (Phi) is 7.15. The lowest BCUT2D eigenvalue weighted by molar-refractivity contribution is -0.124. The lowest BCUT2D eigenvalue weighted by Gasteiger charge is -2.22. The number of hydrogen-bond acceptors (Lipinski definition) is 4. The van der Waals surface area contributed by atoms with E-state index in [4.69, 9.17) is 4.74 Å². The Hall–Kier alpha value is -4.13. The number of nitrogens with zero attached hydrogens (tertiary/aromatic N) is 2. The number of amides is 4. The number of aryl methyl sites for hydroxylation is 2. The monoisotopic (exact) mass is 471 g/mol. The Morgan fingerprint density at radius 3 is 2.40 bits per heavy atom. The molecule has 0 aromatic heterocycles. The highest BCUT2D eigenvalue weighted by molar-refractivity contribution is 6.22. The number of benzene rings is 3. The first kappa shape index (κ1) is 24.0. The molecule has 3 aromatic carbocycles. The summed E-state index contributed by atoms with van der Waals surface area (Å²) in [6.07, 6.45) is 0.757. The van der Waals surface area contributed by atoms with E-state index < -0.39 is 18.0 Å². The summed E-state index contributed by atoms with van der Waals surface area (Å²) in [6, 6.07) is 20.8. The molecule has 0 saturated carbocycles. The quantitative estimate of drug-likeness (QED) is 0.473. The minimum Gasteiger partial charge on any atom is -0.497 e. The number of anilines is 2. The number of rotatable bonds is 8. The third-order valence-electron chi connectivity index (χ3n) is 6.09. The smallest absolute Gasteiger partial charge is 0.332 e. The number of ether oxygens (including phenoxy) is 1. The summed E-state index contributed by atoms with van der Waals surface area (Å²) in [7, 11) is 1.57. The van der Waals surface area contributed by atoms with Gasteiger partial charge in [-0.25, -0.2) is 9.69 Å². The molecule has 7 heteroatoms. The zero-order valence-electron chi connectivity index (χ0n) is 20.2. The second kappa shape index (κ2) is 10.4. The van der Waals surface area contributed by atoms with Gasteiger partial charge in [-0.15, -0.1) is 0 Å². The van der Waals surface area contributed by atoms with Crippen LogP contribution in [0.5, 0.6) is 5.75 Å². The Balaban J connectivity index is 1.60. The summed E-state index contributed by atoms with van der Waals surface area (Å²) < 4.78 is 5.30. The first-order chi connectivity index (χ1) is 16.9. The molecule has 0 radical (unpaired) electrons. The van der Waals surface area contributed by atoms with Crippen LogP contribution in [-0.2, 0) is 22.6 Å². The molecule has 1 aliphatic heterocycles. The molecule has 0 unspecified atom stereocenters. The highest BCUT2D eigenvalue weighted by atomic mass is 16.5. The number of nitrogens with one attached hydrogen (secondary N) is 1. The number of carbonyl (C=O) groups excluding carboxylic acids is 3. The molecule has 7 nitrogen and oxygen atoms in total. The largest absolute Gasteiger partial charge is 0.497 e. The zero-order chi connectivity index (χ0) is 24.9. The van der Waals surface area contributed by atoms with Crippen molar-refractivity contribution in [1.29, 1.82) is 0 Å². The summed E-state index contributed by atoms with van der Waals surface area (Å²) in [5.41, 5.74) is 4.04. The van der Waals surface area contributed by atoms with Crippen LogP contribution in [0.25, 0.3) is 0 Å². The predicted molar refractivity (Wildman–Crippen MR) is 135 cm³/mol. The summed E-state index contributed by atoms with van der Waals surface area (Å²) in [4.78, 5) is 42.5. The number of hydrogen-bond donors (Lipinski definition) is 1. The molecular formula is C28H29N3O4. The minimum atomic E-state index is -0.927. The Morgan fingerprint density at radius 1 is 0.971 bits per heavy atom. The van der Waals surface area contributed by atoms with Gasteiger partial charge in [0.15, 0.2) is 0 Å². The number of carbonyl (C=O) groups is 3. The Bertz CT molecular complexity index is 1240. The Labute approximate surface area is 205 Å². The summed E-state index contributed by atoms with van der Waals surface area (Å²) in [5.74, 6) is -0.0945. The van der Waals surface area contributed by atoms with E-state index in [1.165, 1.54) is 9.80 Å².